The summed E-state index contributed by atoms with van der Waals surface area (Å²) in [6.45, 7) is 5.00. The normalized spacial score (nSPS) is 27.3. The molecule has 0 amide bonds. The van der Waals surface area contributed by atoms with E-state index in [0.29, 0.717) is 23.2 Å². The van der Waals surface area contributed by atoms with Crippen molar-refractivity contribution in [3.8, 4) is 11.1 Å². The standard InChI is InChI=1S/C62H56N2/c1-60(2)53-32-31-48-39-62(48,58(53)51-37-55-50(36-54(51)60)49-21-10-11-22-52(49)61(55)33-12-5-13-34-61)47-29-27-42(28-30-47)45-19-14-20-46(35-45)57-38-56(63-59(64-57)44-17-8-4-9-18-44)43-25-23-41(24-26-43)40-15-6-3-7-16-40/h3-4,6-11,14-21,23-27,29-32,35-38,42,48,52,59,63H,5,12-13,22,28,33-34,39H2,1-2H3. The predicted molar refractivity (Wildman–Crippen MR) is 266 cm³/mol. The number of hydrogen-bond donors (Lipinski definition) is 1. The van der Waals surface area contributed by atoms with Crippen LogP contribution < -0.4 is 5.32 Å². The van der Waals surface area contributed by atoms with Crippen LogP contribution in [0.15, 0.2) is 192 Å². The summed E-state index contributed by atoms with van der Waals surface area (Å²) in [5.41, 5.74) is 22.5. The van der Waals surface area contributed by atoms with Crippen LogP contribution in [0, 0.1) is 17.3 Å². The number of benzene rings is 5. The van der Waals surface area contributed by atoms with Crippen LogP contribution in [0.25, 0.3) is 28.0 Å². The molecule has 1 spiro atoms. The van der Waals surface area contributed by atoms with Crippen molar-refractivity contribution in [2.24, 2.45) is 22.2 Å². The van der Waals surface area contributed by atoms with E-state index in [1.165, 1.54) is 67.2 Å². The van der Waals surface area contributed by atoms with E-state index >= 15 is 0 Å². The average molecular weight is 829 g/mol. The zero-order chi connectivity index (χ0) is 42.6. The van der Waals surface area contributed by atoms with E-state index < -0.39 is 0 Å². The van der Waals surface area contributed by atoms with Crippen molar-refractivity contribution in [2.45, 2.75) is 88.1 Å². The first-order chi connectivity index (χ1) is 31.4. The summed E-state index contributed by atoms with van der Waals surface area (Å²) in [6.07, 6.45) is 32.3. The second kappa shape index (κ2) is 14.4. The van der Waals surface area contributed by atoms with E-state index in [9.17, 15) is 0 Å². The fourth-order valence-corrected chi connectivity index (χ4v) is 13.5. The second-order valence-electron chi connectivity index (χ2n) is 20.5. The molecule has 7 aliphatic carbocycles. The Kier molecular flexibility index (Phi) is 8.59. The molecule has 0 aromatic heterocycles. The van der Waals surface area contributed by atoms with Gasteiger partial charge in [-0.05, 0) is 141 Å². The first kappa shape index (κ1) is 38.2. The lowest BCUT2D eigenvalue weighted by Gasteiger charge is -2.40. The van der Waals surface area contributed by atoms with Crippen LogP contribution in [0.2, 0.25) is 0 Å². The van der Waals surface area contributed by atoms with E-state index in [-0.39, 0.29) is 17.0 Å². The van der Waals surface area contributed by atoms with Gasteiger partial charge in [-0.15, -0.1) is 0 Å². The zero-order valence-electron chi connectivity index (χ0n) is 37.2. The predicted octanol–water partition coefficient (Wildman–Crippen LogP) is 15.0. The minimum atomic E-state index is -0.179. The van der Waals surface area contributed by atoms with Gasteiger partial charge in [0.15, 0.2) is 0 Å². The molecule has 2 fully saturated rings. The average Bonchev–Trinajstić information content (AvgIpc) is 4.01. The molecule has 5 aromatic rings. The van der Waals surface area contributed by atoms with Crippen LogP contribution in [0.1, 0.15) is 122 Å². The van der Waals surface area contributed by atoms with Gasteiger partial charge < -0.3 is 5.32 Å². The van der Waals surface area contributed by atoms with Crippen molar-refractivity contribution in [1.82, 2.24) is 5.32 Å². The summed E-state index contributed by atoms with van der Waals surface area (Å²) < 4.78 is 0. The molecule has 1 heterocycles. The summed E-state index contributed by atoms with van der Waals surface area (Å²) in [7, 11) is 0. The third kappa shape index (κ3) is 5.73. The maximum absolute atomic E-state index is 5.35. The molecule has 5 unspecified atom stereocenters. The molecule has 2 saturated carbocycles. The molecule has 1 N–H and O–H groups in total. The van der Waals surface area contributed by atoms with Crippen LogP contribution in [0.4, 0.5) is 0 Å². The van der Waals surface area contributed by atoms with Gasteiger partial charge >= 0.3 is 0 Å². The Morgan fingerprint density at radius 3 is 2.19 bits per heavy atom. The van der Waals surface area contributed by atoms with Gasteiger partial charge in [0.1, 0.15) is 6.17 Å². The summed E-state index contributed by atoms with van der Waals surface area (Å²) >= 11 is 0. The quantitative estimate of drug-likeness (QED) is 0.181. The number of fused-ring (bicyclic) bond motifs is 9. The van der Waals surface area contributed by atoms with Crippen molar-refractivity contribution in [3.63, 3.8) is 0 Å². The molecule has 5 aromatic carbocycles. The summed E-state index contributed by atoms with van der Waals surface area (Å²) in [5, 5.41) is 3.77. The van der Waals surface area contributed by atoms with E-state index in [2.05, 4.69) is 195 Å². The molecule has 13 rings (SSSR count). The van der Waals surface area contributed by atoms with Gasteiger partial charge in [-0.25, -0.2) is 0 Å². The molecule has 1 aliphatic heterocycles. The molecule has 64 heavy (non-hydrogen) atoms. The molecular formula is C62H56N2. The summed E-state index contributed by atoms with van der Waals surface area (Å²) in [4.78, 5) is 5.35. The van der Waals surface area contributed by atoms with Crippen LogP contribution in [0.3, 0.4) is 0 Å². The lowest BCUT2D eigenvalue weighted by Crippen LogP contribution is -2.34. The van der Waals surface area contributed by atoms with Gasteiger partial charge in [0.2, 0.25) is 0 Å². The topological polar surface area (TPSA) is 24.4 Å². The number of allylic oxidation sites excluding steroid dienone is 13. The molecular weight excluding hydrogens is 773 g/mol. The van der Waals surface area contributed by atoms with Crippen LogP contribution in [-0.2, 0) is 10.8 Å². The highest BCUT2D eigenvalue weighted by Gasteiger charge is 2.63. The third-order valence-corrected chi connectivity index (χ3v) is 16.9. The molecule has 0 bridgehead atoms. The highest BCUT2D eigenvalue weighted by molar-refractivity contribution is 6.13. The molecule has 8 aliphatic rings. The lowest BCUT2D eigenvalue weighted by molar-refractivity contribution is 0.241. The SMILES string of the molecule is CC1(C)C2=C(c3cc4c(cc31)C1=CC=CCC1C41CCCCC1)C1(C3=CCC(c4cccc(C5=NC(c6ccccc6)NC(c6ccc(-c7ccccc7)cc6)=C5)c4)C=C3)CC1C=C2. The van der Waals surface area contributed by atoms with Crippen molar-refractivity contribution < 1.29 is 0 Å². The molecule has 2 nitrogen and oxygen atoms in total. The Labute approximate surface area is 379 Å². The van der Waals surface area contributed by atoms with Crippen molar-refractivity contribution in [1.29, 1.82) is 0 Å². The van der Waals surface area contributed by atoms with E-state index in [1.54, 1.807) is 39.0 Å². The van der Waals surface area contributed by atoms with Gasteiger partial charge in [-0.2, -0.15) is 0 Å². The number of aliphatic imine (C=N–C) groups is 1. The minimum Gasteiger partial charge on any atom is -0.360 e. The Morgan fingerprint density at radius 2 is 1.39 bits per heavy atom. The minimum absolute atomic E-state index is 0.0155. The number of nitrogens with one attached hydrogen (secondary N) is 1. The lowest BCUT2D eigenvalue weighted by atomic mass is 9.63. The highest BCUT2D eigenvalue weighted by Crippen LogP contribution is 2.73. The third-order valence-electron chi connectivity index (χ3n) is 16.9. The Balaban J connectivity index is 0.816. The smallest absolute Gasteiger partial charge is 0.145 e. The van der Waals surface area contributed by atoms with Gasteiger partial charge in [-0.1, -0.05) is 185 Å². The molecule has 2 heteroatoms. The molecule has 0 saturated heterocycles. The summed E-state index contributed by atoms with van der Waals surface area (Å²) in [5.74, 6) is 1.53. The monoisotopic (exact) mass is 828 g/mol. The maximum Gasteiger partial charge on any atom is 0.145 e. The Hall–Kier alpha value is -6.25. The molecule has 0 radical (unpaired) electrons. The maximum atomic E-state index is 5.35. The van der Waals surface area contributed by atoms with Crippen molar-refractivity contribution in [3.05, 3.63) is 232 Å². The zero-order valence-corrected chi connectivity index (χ0v) is 37.2. The van der Waals surface area contributed by atoms with Gasteiger partial charge in [0.05, 0.1) is 5.71 Å². The second-order valence-corrected chi connectivity index (χ2v) is 20.5. The summed E-state index contributed by atoms with van der Waals surface area (Å²) in [6, 6.07) is 44.8. The van der Waals surface area contributed by atoms with Gasteiger partial charge in [0, 0.05) is 33.4 Å². The fraction of sp³-hybridized carbons (Fsp3) is 0.274. The van der Waals surface area contributed by atoms with Crippen molar-refractivity contribution >= 4 is 22.6 Å². The first-order valence-corrected chi connectivity index (χ1v) is 24.2. The largest absolute Gasteiger partial charge is 0.360 e. The van der Waals surface area contributed by atoms with Crippen LogP contribution in [0.5, 0.6) is 0 Å². The first-order valence-electron chi connectivity index (χ1n) is 24.2. The van der Waals surface area contributed by atoms with Crippen LogP contribution in [-0.4, -0.2) is 5.71 Å². The number of hydrogen-bond acceptors (Lipinski definition) is 2. The highest BCUT2D eigenvalue weighted by atomic mass is 15.1. The molecule has 314 valence electrons. The van der Waals surface area contributed by atoms with E-state index in [0.717, 1.165) is 34.5 Å². The van der Waals surface area contributed by atoms with Crippen LogP contribution >= 0.6 is 0 Å². The number of nitrogens with zero attached hydrogens (tertiary/aromatic N) is 1. The van der Waals surface area contributed by atoms with Gasteiger partial charge in [0.25, 0.3) is 0 Å². The Morgan fingerprint density at radius 1 is 0.656 bits per heavy atom. The van der Waals surface area contributed by atoms with E-state index in [4.69, 9.17) is 4.99 Å². The van der Waals surface area contributed by atoms with E-state index in [1.807, 2.05) is 0 Å². The Bertz CT molecular complexity index is 2990. The molecule has 5 atom stereocenters. The van der Waals surface area contributed by atoms with Gasteiger partial charge in [-0.3, -0.25) is 4.99 Å². The fourth-order valence-electron chi connectivity index (χ4n) is 13.5. The van der Waals surface area contributed by atoms with Crippen molar-refractivity contribution in [2.75, 3.05) is 0 Å². The number of rotatable bonds is 6.